The first-order valence-electron chi connectivity index (χ1n) is 11.2. The van der Waals surface area contributed by atoms with Crippen molar-refractivity contribution in [2.24, 2.45) is 11.8 Å². The molecule has 2 heteroatoms. The van der Waals surface area contributed by atoms with Gasteiger partial charge in [0.2, 0.25) is 0 Å². The Bertz CT molecular complexity index is 758. The molecule has 1 saturated heterocycles. The van der Waals surface area contributed by atoms with Gasteiger partial charge in [-0.2, -0.15) is 0 Å². The molecule has 1 heterocycles. The first-order chi connectivity index (χ1) is 13.7. The van der Waals surface area contributed by atoms with Crippen LogP contribution in [0.25, 0.3) is 0 Å². The minimum atomic E-state index is 0.339. The van der Waals surface area contributed by atoms with E-state index in [-0.39, 0.29) is 0 Å². The molecule has 2 fully saturated rings. The van der Waals surface area contributed by atoms with Crippen molar-refractivity contribution in [2.45, 2.75) is 63.8 Å². The van der Waals surface area contributed by atoms with Crippen molar-refractivity contribution in [3.05, 3.63) is 65.7 Å². The average molecular weight is 378 g/mol. The van der Waals surface area contributed by atoms with Crippen LogP contribution in [0.3, 0.4) is 0 Å². The van der Waals surface area contributed by atoms with E-state index in [0.29, 0.717) is 17.4 Å². The molecule has 2 aliphatic rings. The summed E-state index contributed by atoms with van der Waals surface area (Å²) in [6, 6.07) is 19.8. The summed E-state index contributed by atoms with van der Waals surface area (Å²) < 4.78 is 5.77. The highest BCUT2D eigenvalue weighted by molar-refractivity contribution is 5.32. The van der Waals surface area contributed by atoms with Crippen molar-refractivity contribution in [3.63, 3.8) is 0 Å². The summed E-state index contributed by atoms with van der Waals surface area (Å²) in [6.07, 6.45) is 7.69. The maximum absolute atomic E-state index is 5.77. The molecular weight excluding hydrogens is 342 g/mol. The SMILES string of the molecule is CCOc1cccc(C2CC(C)C3(CCCc4ccccc4)CC2CCN3)c1. The van der Waals surface area contributed by atoms with E-state index in [4.69, 9.17) is 4.74 Å². The molecule has 1 saturated carbocycles. The summed E-state index contributed by atoms with van der Waals surface area (Å²) in [5.74, 6) is 3.22. The summed E-state index contributed by atoms with van der Waals surface area (Å²) in [5.41, 5.74) is 3.30. The average Bonchev–Trinajstić information content (AvgIpc) is 2.72. The molecule has 0 spiro atoms. The number of piperidine rings is 1. The normalized spacial score (nSPS) is 29.4. The predicted octanol–water partition coefficient (Wildman–Crippen LogP) is 5.97. The first-order valence-corrected chi connectivity index (χ1v) is 11.2. The summed E-state index contributed by atoms with van der Waals surface area (Å²) in [5, 5.41) is 3.98. The van der Waals surface area contributed by atoms with E-state index in [0.717, 1.165) is 18.3 Å². The second-order valence-electron chi connectivity index (χ2n) is 8.92. The fourth-order valence-electron chi connectivity index (χ4n) is 5.77. The van der Waals surface area contributed by atoms with Crippen LogP contribution in [0, 0.1) is 11.8 Å². The monoisotopic (exact) mass is 377 g/mol. The van der Waals surface area contributed by atoms with Crippen LogP contribution < -0.4 is 10.1 Å². The van der Waals surface area contributed by atoms with Crippen LogP contribution in [-0.4, -0.2) is 18.7 Å². The van der Waals surface area contributed by atoms with Gasteiger partial charge in [0.25, 0.3) is 0 Å². The van der Waals surface area contributed by atoms with Crippen LogP contribution in [0.1, 0.15) is 63.0 Å². The predicted molar refractivity (Wildman–Crippen MR) is 117 cm³/mol. The van der Waals surface area contributed by atoms with E-state index in [1.54, 1.807) is 0 Å². The third-order valence-corrected chi connectivity index (χ3v) is 7.27. The Hall–Kier alpha value is -1.80. The van der Waals surface area contributed by atoms with Gasteiger partial charge in [0.05, 0.1) is 6.61 Å². The van der Waals surface area contributed by atoms with Crippen LogP contribution in [0.15, 0.2) is 54.6 Å². The van der Waals surface area contributed by atoms with Gasteiger partial charge in [-0.1, -0.05) is 49.4 Å². The van der Waals surface area contributed by atoms with Crippen molar-refractivity contribution in [3.8, 4) is 5.75 Å². The lowest BCUT2D eigenvalue weighted by Gasteiger charge is -2.54. The Morgan fingerprint density at radius 2 is 1.96 bits per heavy atom. The third-order valence-electron chi connectivity index (χ3n) is 7.27. The van der Waals surface area contributed by atoms with Crippen molar-refractivity contribution in [2.75, 3.05) is 13.2 Å². The van der Waals surface area contributed by atoms with Crippen LogP contribution in [0.2, 0.25) is 0 Å². The smallest absolute Gasteiger partial charge is 0.119 e. The lowest BCUT2D eigenvalue weighted by Crippen LogP contribution is -2.59. The molecule has 4 atom stereocenters. The molecule has 4 rings (SSSR count). The van der Waals surface area contributed by atoms with Gasteiger partial charge in [-0.15, -0.1) is 0 Å². The van der Waals surface area contributed by atoms with E-state index >= 15 is 0 Å². The molecule has 0 amide bonds. The molecule has 150 valence electrons. The van der Waals surface area contributed by atoms with Gasteiger partial charge < -0.3 is 10.1 Å². The third kappa shape index (κ3) is 4.12. The van der Waals surface area contributed by atoms with Gasteiger partial charge in [0.15, 0.2) is 0 Å². The molecule has 0 radical (unpaired) electrons. The number of benzene rings is 2. The van der Waals surface area contributed by atoms with E-state index in [1.807, 2.05) is 0 Å². The highest BCUT2D eigenvalue weighted by Gasteiger charge is 2.47. The maximum Gasteiger partial charge on any atom is 0.119 e. The van der Waals surface area contributed by atoms with E-state index < -0.39 is 0 Å². The summed E-state index contributed by atoms with van der Waals surface area (Å²) >= 11 is 0. The molecule has 2 nitrogen and oxygen atoms in total. The molecule has 2 aromatic rings. The van der Waals surface area contributed by atoms with Gasteiger partial charge in [0.1, 0.15) is 5.75 Å². The first kappa shape index (κ1) is 19.5. The lowest BCUT2D eigenvalue weighted by atomic mass is 9.59. The molecular formula is C26H35NO. The Morgan fingerprint density at radius 3 is 2.79 bits per heavy atom. The second kappa shape index (κ2) is 8.69. The molecule has 2 aromatic carbocycles. The number of aryl methyl sites for hydroxylation is 1. The summed E-state index contributed by atoms with van der Waals surface area (Å²) in [4.78, 5) is 0. The topological polar surface area (TPSA) is 21.3 Å². The van der Waals surface area contributed by atoms with Crippen molar-refractivity contribution < 1.29 is 4.74 Å². The number of rotatable bonds is 7. The fourth-order valence-corrected chi connectivity index (χ4v) is 5.77. The molecule has 1 aliphatic carbocycles. The zero-order valence-corrected chi connectivity index (χ0v) is 17.5. The van der Waals surface area contributed by atoms with Crippen LogP contribution in [0.5, 0.6) is 5.75 Å². The number of hydrogen-bond donors (Lipinski definition) is 1. The molecule has 1 aliphatic heterocycles. The van der Waals surface area contributed by atoms with Crippen molar-refractivity contribution in [1.82, 2.24) is 5.32 Å². The van der Waals surface area contributed by atoms with E-state index in [2.05, 4.69) is 73.8 Å². The summed E-state index contributed by atoms with van der Waals surface area (Å²) in [7, 11) is 0. The lowest BCUT2D eigenvalue weighted by molar-refractivity contribution is 0.0485. The standard InChI is InChI=1S/C26H35NO/c1-3-28-24-13-7-12-22(18-24)25-17-20(2)26(19-23(25)14-16-27-26)15-8-11-21-9-5-4-6-10-21/h4-7,9-10,12-13,18,20,23,25,27H,3,8,11,14-17,19H2,1-2H3. The zero-order chi connectivity index (χ0) is 19.4. The molecule has 1 N–H and O–H groups in total. The van der Waals surface area contributed by atoms with Gasteiger partial charge in [-0.3, -0.25) is 0 Å². The Morgan fingerprint density at radius 1 is 1.11 bits per heavy atom. The highest BCUT2D eigenvalue weighted by atomic mass is 16.5. The van der Waals surface area contributed by atoms with Crippen molar-refractivity contribution >= 4 is 0 Å². The number of fused-ring (bicyclic) bond motifs is 2. The molecule has 2 bridgehead atoms. The van der Waals surface area contributed by atoms with Gasteiger partial charge in [0, 0.05) is 5.54 Å². The van der Waals surface area contributed by atoms with Gasteiger partial charge in [-0.25, -0.2) is 0 Å². The van der Waals surface area contributed by atoms with E-state index in [1.165, 1.54) is 56.2 Å². The molecule has 0 aromatic heterocycles. The highest BCUT2D eigenvalue weighted by Crippen LogP contribution is 2.50. The quantitative estimate of drug-likeness (QED) is 0.642. The zero-order valence-electron chi connectivity index (χ0n) is 17.5. The minimum Gasteiger partial charge on any atom is -0.494 e. The number of hydrogen-bond acceptors (Lipinski definition) is 2. The summed E-state index contributed by atoms with van der Waals surface area (Å²) in [6.45, 7) is 6.45. The Balaban J connectivity index is 1.44. The number of nitrogens with one attached hydrogen (secondary N) is 1. The molecule has 28 heavy (non-hydrogen) atoms. The largest absolute Gasteiger partial charge is 0.494 e. The van der Waals surface area contributed by atoms with E-state index in [9.17, 15) is 0 Å². The van der Waals surface area contributed by atoms with Gasteiger partial charge in [-0.05, 0) is 93.0 Å². The van der Waals surface area contributed by atoms with Crippen LogP contribution >= 0.6 is 0 Å². The number of ether oxygens (including phenoxy) is 1. The van der Waals surface area contributed by atoms with Gasteiger partial charge >= 0.3 is 0 Å². The second-order valence-corrected chi connectivity index (χ2v) is 8.92. The Labute approximate surface area is 170 Å². The van der Waals surface area contributed by atoms with Crippen molar-refractivity contribution in [1.29, 1.82) is 0 Å². The fraction of sp³-hybridized carbons (Fsp3) is 0.538. The maximum atomic E-state index is 5.77. The Kier molecular flexibility index (Phi) is 6.06. The van der Waals surface area contributed by atoms with Crippen LogP contribution in [0.4, 0.5) is 0 Å². The minimum absolute atomic E-state index is 0.339. The van der Waals surface area contributed by atoms with Crippen LogP contribution in [-0.2, 0) is 6.42 Å². The molecule has 4 unspecified atom stereocenters.